The van der Waals surface area contributed by atoms with Crippen LogP contribution in [0.2, 0.25) is 0 Å². The third-order valence-electron chi connectivity index (χ3n) is 18.7. The number of fused-ring (bicyclic) bond motifs is 9. The third kappa shape index (κ3) is 9.06. The summed E-state index contributed by atoms with van der Waals surface area (Å²) in [5.41, 5.74) is 15.2. The first-order chi connectivity index (χ1) is 44.2. The molecule has 0 N–H and O–H groups in total. The molecule has 0 bridgehead atoms. The summed E-state index contributed by atoms with van der Waals surface area (Å²) in [6.45, 7) is 0. The second-order valence-corrected chi connectivity index (χ2v) is 31.1. The normalized spacial score (nSPS) is 12.0. The van der Waals surface area contributed by atoms with Gasteiger partial charge in [0.25, 0.3) is 0 Å². The molecule has 0 saturated heterocycles. The molecular formula is C85H62N2Si2. The van der Waals surface area contributed by atoms with Gasteiger partial charge < -0.3 is 9.13 Å². The Morgan fingerprint density at radius 1 is 0.202 bits per heavy atom. The second kappa shape index (κ2) is 22.8. The Balaban J connectivity index is 0.000000149. The number of aromatic nitrogens is 2. The van der Waals surface area contributed by atoms with E-state index in [9.17, 15) is 0 Å². The van der Waals surface area contributed by atoms with Gasteiger partial charge in [0.05, 0.1) is 22.1 Å². The van der Waals surface area contributed by atoms with Crippen LogP contribution in [0.25, 0.3) is 77.2 Å². The Hall–Kier alpha value is -10.9. The minimum atomic E-state index is -2.66. The van der Waals surface area contributed by atoms with Crippen LogP contribution in [0, 0.1) is 0 Å². The Kier molecular flexibility index (Phi) is 13.7. The summed E-state index contributed by atoms with van der Waals surface area (Å²) in [5, 5.41) is 16.4. The number of benzene rings is 14. The van der Waals surface area contributed by atoms with Crippen LogP contribution in [0.15, 0.2) is 364 Å². The molecule has 0 radical (unpaired) electrons. The van der Waals surface area contributed by atoms with Gasteiger partial charge in [-0.15, -0.1) is 0 Å². The zero-order valence-corrected chi connectivity index (χ0v) is 51.2. The van der Waals surface area contributed by atoms with E-state index in [1.54, 1.807) is 0 Å². The van der Waals surface area contributed by atoms with Crippen LogP contribution in [0.4, 0.5) is 0 Å². The summed E-state index contributed by atoms with van der Waals surface area (Å²) >= 11 is 0. The maximum Gasteiger partial charge on any atom is 0.179 e. The van der Waals surface area contributed by atoms with E-state index < -0.39 is 16.1 Å². The van der Waals surface area contributed by atoms with Crippen molar-refractivity contribution in [2.24, 2.45) is 0 Å². The molecule has 0 amide bonds. The molecule has 0 fully saturated rings. The number of para-hydroxylation sites is 4. The van der Waals surface area contributed by atoms with Gasteiger partial charge in [-0.2, -0.15) is 0 Å². The molecule has 0 spiro atoms. The lowest BCUT2D eigenvalue weighted by Crippen LogP contribution is -2.74. The highest BCUT2D eigenvalue weighted by Gasteiger charge is 2.44. The lowest BCUT2D eigenvalue weighted by atomic mass is 10.0. The van der Waals surface area contributed by atoms with E-state index in [-0.39, 0.29) is 0 Å². The molecule has 89 heavy (non-hydrogen) atoms. The van der Waals surface area contributed by atoms with Crippen molar-refractivity contribution in [3.63, 3.8) is 0 Å². The van der Waals surface area contributed by atoms with Crippen molar-refractivity contribution in [1.29, 1.82) is 0 Å². The first-order valence-electron chi connectivity index (χ1n) is 30.9. The van der Waals surface area contributed by atoms with E-state index in [1.807, 2.05) is 0 Å². The molecular weight excluding hydrogens is 1110 g/mol. The van der Waals surface area contributed by atoms with E-state index in [4.69, 9.17) is 0 Å². The summed E-state index contributed by atoms with van der Waals surface area (Å²) in [6.07, 6.45) is 0.957. The third-order valence-corrected chi connectivity index (χ3v) is 28.3. The molecule has 2 aromatic heterocycles. The average molecular weight is 1170 g/mol. The van der Waals surface area contributed by atoms with Crippen LogP contribution in [-0.2, 0) is 6.42 Å². The summed E-state index contributed by atoms with van der Waals surface area (Å²) in [5.74, 6) is 0. The molecule has 420 valence electrons. The van der Waals surface area contributed by atoms with Crippen LogP contribution in [0.1, 0.15) is 11.1 Å². The smallest absolute Gasteiger partial charge is 0.179 e. The molecule has 0 saturated carbocycles. The topological polar surface area (TPSA) is 9.86 Å². The predicted octanol–water partition coefficient (Wildman–Crippen LogP) is 15.6. The van der Waals surface area contributed by atoms with Gasteiger partial charge in [-0.1, -0.05) is 315 Å². The Bertz CT molecular complexity index is 4580. The van der Waals surface area contributed by atoms with E-state index in [0.717, 1.165) is 6.42 Å². The standard InChI is InChI=1S/C49H38Si2.C36H24N2/c1-7-19-40(20-8-1)50(41-21-9-2-10-22-41,42-23-11-3-12-24-42)46-33-31-38-35-39-32-34-47(37-49(39)48(38)36-46)51(43-25-13-4-14-26-43,44-27-15-5-16-28-44)45-29-17-6-18-30-45;1-5-19-33-29(15-1)30-16-2-6-20-34(30)37(33)27-13-9-11-25(23-27)26-12-10-14-28(24-26)38-35-21-7-3-17-31(35)32-18-4-8-22-36(32)38/h1-34,36-37H,35H2;1-24H. The predicted molar refractivity (Wildman–Crippen MR) is 382 cm³/mol. The van der Waals surface area contributed by atoms with Crippen molar-refractivity contribution in [3.05, 3.63) is 375 Å². The summed E-state index contributed by atoms with van der Waals surface area (Å²) in [4.78, 5) is 0. The Morgan fingerprint density at radius 2 is 0.461 bits per heavy atom. The molecule has 2 nitrogen and oxygen atoms in total. The molecule has 1 aliphatic rings. The highest BCUT2D eigenvalue weighted by Crippen LogP contribution is 2.38. The lowest BCUT2D eigenvalue weighted by molar-refractivity contribution is 1.17. The monoisotopic (exact) mass is 1170 g/mol. The fraction of sp³-hybridized carbons (Fsp3) is 0.0118. The van der Waals surface area contributed by atoms with Gasteiger partial charge in [-0.3, -0.25) is 0 Å². The number of hydrogen-bond acceptors (Lipinski definition) is 0. The highest BCUT2D eigenvalue weighted by atomic mass is 28.3. The van der Waals surface area contributed by atoms with E-state index in [0.29, 0.717) is 0 Å². The number of hydrogen-bond donors (Lipinski definition) is 0. The van der Waals surface area contributed by atoms with E-state index in [1.165, 1.54) is 130 Å². The molecule has 0 unspecified atom stereocenters. The zero-order valence-electron chi connectivity index (χ0n) is 49.2. The fourth-order valence-corrected chi connectivity index (χ4v) is 24.4. The molecule has 2 heterocycles. The largest absolute Gasteiger partial charge is 0.309 e. The Morgan fingerprint density at radius 3 is 0.742 bits per heavy atom. The maximum atomic E-state index is 2.57. The van der Waals surface area contributed by atoms with Crippen molar-refractivity contribution >= 4 is 101 Å². The quantitative estimate of drug-likeness (QED) is 0.0902. The summed E-state index contributed by atoms with van der Waals surface area (Å²) < 4.78 is 4.76. The molecule has 17 rings (SSSR count). The molecule has 14 aromatic carbocycles. The van der Waals surface area contributed by atoms with Crippen LogP contribution in [-0.4, -0.2) is 25.3 Å². The van der Waals surface area contributed by atoms with Gasteiger partial charge in [0.2, 0.25) is 0 Å². The lowest BCUT2D eigenvalue weighted by Gasteiger charge is -2.35. The van der Waals surface area contributed by atoms with Crippen LogP contribution in [0.3, 0.4) is 0 Å². The van der Waals surface area contributed by atoms with Crippen molar-refractivity contribution in [2.45, 2.75) is 6.42 Å². The Labute approximate surface area is 522 Å². The van der Waals surface area contributed by atoms with Crippen molar-refractivity contribution in [2.75, 3.05) is 0 Å². The minimum absolute atomic E-state index is 0.957. The summed E-state index contributed by atoms with van der Waals surface area (Å²) in [7, 11) is -5.33. The fourth-order valence-electron chi connectivity index (χ4n) is 14.8. The van der Waals surface area contributed by atoms with Gasteiger partial charge in [0.15, 0.2) is 16.1 Å². The van der Waals surface area contributed by atoms with Gasteiger partial charge in [-0.25, -0.2) is 0 Å². The van der Waals surface area contributed by atoms with Crippen LogP contribution >= 0.6 is 0 Å². The average Bonchev–Trinajstić information content (AvgIpc) is 2.01. The zero-order chi connectivity index (χ0) is 59.1. The van der Waals surface area contributed by atoms with Crippen LogP contribution in [0.5, 0.6) is 0 Å². The molecule has 0 aliphatic heterocycles. The minimum Gasteiger partial charge on any atom is -0.309 e. The second-order valence-electron chi connectivity index (χ2n) is 23.5. The SMILES string of the molecule is c1cc(-c2cccc(-n3c4ccccc4c4ccccc43)c2)cc(-n2c3ccccc3c3ccccc32)c1.c1ccc([Si](c2ccccc2)(c2ccccc2)c2ccc3c(c2)-c2cc([Si](c4ccccc4)(c4ccccc4)c4ccccc4)ccc2C3)cc1. The highest BCUT2D eigenvalue weighted by molar-refractivity contribution is 7.20. The van der Waals surface area contributed by atoms with Crippen molar-refractivity contribution < 1.29 is 0 Å². The molecule has 1 aliphatic carbocycles. The van der Waals surface area contributed by atoms with Gasteiger partial charge in [0, 0.05) is 32.9 Å². The van der Waals surface area contributed by atoms with Gasteiger partial charge >= 0.3 is 0 Å². The van der Waals surface area contributed by atoms with E-state index >= 15 is 0 Å². The van der Waals surface area contributed by atoms with Crippen LogP contribution < -0.4 is 41.5 Å². The van der Waals surface area contributed by atoms with Gasteiger partial charge in [0.1, 0.15) is 0 Å². The first kappa shape index (κ1) is 53.6. The number of nitrogens with zero attached hydrogens (tertiary/aromatic N) is 2. The molecule has 16 aromatic rings. The van der Waals surface area contributed by atoms with E-state index in [2.05, 4.69) is 373 Å². The van der Waals surface area contributed by atoms with Gasteiger partial charge in [-0.05, 0) is 130 Å². The molecule has 4 heteroatoms. The summed E-state index contributed by atoms with van der Waals surface area (Å²) in [6, 6.07) is 135. The van der Waals surface area contributed by atoms with Crippen molar-refractivity contribution in [3.8, 4) is 33.6 Å². The maximum absolute atomic E-state index is 2.66. The number of rotatable bonds is 11. The molecule has 0 atom stereocenters. The first-order valence-corrected chi connectivity index (χ1v) is 34.9. The van der Waals surface area contributed by atoms with Crippen molar-refractivity contribution in [1.82, 2.24) is 9.13 Å².